The molecule has 0 bridgehead atoms. The van der Waals surface area contributed by atoms with E-state index in [9.17, 15) is 30.0 Å². The van der Waals surface area contributed by atoms with E-state index >= 15 is 0 Å². The Morgan fingerprint density at radius 2 is 0.846 bits per heavy atom. The van der Waals surface area contributed by atoms with Gasteiger partial charge in [0.25, 0.3) is 0 Å². The van der Waals surface area contributed by atoms with Gasteiger partial charge in [0.2, 0.25) is 11.8 Å². The number of unbranched alkanes of at least 4 members (excludes halogenated alkanes) is 2. The highest BCUT2D eigenvalue weighted by Gasteiger charge is 2.33. The van der Waals surface area contributed by atoms with Gasteiger partial charge in [-0.25, -0.2) is 0 Å². The van der Waals surface area contributed by atoms with Gasteiger partial charge in [-0.1, -0.05) is 156 Å². The lowest BCUT2D eigenvalue weighted by atomic mass is 9.96. The van der Waals surface area contributed by atoms with Crippen LogP contribution in [0.3, 0.4) is 0 Å². The molecule has 0 aromatic rings. The van der Waals surface area contributed by atoms with Crippen molar-refractivity contribution in [3.8, 4) is 0 Å². The minimum atomic E-state index is -0.783. The molecule has 6 N–H and O–H groups in total. The summed E-state index contributed by atoms with van der Waals surface area (Å²) in [6, 6.07) is -1.29. The normalized spacial score (nSPS) is 17.2. The fourth-order valence-electron chi connectivity index (χ4n) is 8.19. The third-order valence-corrected chi connectivity index (χ3v) is 13.0. The number of aliphatic hydroxyl groups is 4. The number of piperazine rings is 1. The number of hydrogen-bond donors (Lipinski definition) is 6. The van der Waals surface area contributed by atoms with Crippen LogP contribution >= 0.6 is 0 Å². The number of nitrogens with zero attached hydrogens (tertiary/aromatic N) is 2. The highest BCUT2D eigenvalue weighted by Crippen LogP contribution is 2.18. The van der Waals surface area contributed by atoms with Gasteiger partial charge in [0.05, 0.1) is 25.3 Å². The maximum absolute atomic E-state index is 13.4. The van der Waals surface area contributed by atoms with Crippen LogP contribution in [0.15, 0.2) is 180 Å². The van der Waals surface area contributed by atoms with E-state index in [1.165, 1.54) is 0 Å². The first-order valence-electron chi connectivity index (χ1n) is 29.4. The lowest BCUT2D eigenvalue weighted by Crippen LogP contribution is -2.61. The Balaban J connectivity index is 2.94. The largest absolute Gasteiger partial charge is 0.511 e. The van der Waals surface area contributed by atoms with Crippen LogP contribution in [0.5, 0.6) is 0 Å². The molecule has 0 radical (unpaired) electrons. The van der Waals surface area contributed by atoms with E-state index in [0.29, 0.717) is 70.3 Å². The van der Waals surface area contributed by atoms with Gasteiger partial charge in [-0.05, 0) is 178 Å². The Morgan fingerprint density at radius 3 is 1.24 bits per heavy atom. The van der Waals surface area contributed by atoms with Crippen molar-refractivity contribution in [3.05, 3.63) is 180 Å². The molecule has 1 aliphatic heterocycles. The van der Waals surface area contributed by atoms with Gasteiger partial charge < -0.3 is 31.1 Å². The number of allylic oxidation sites excluding steroid dienone is 22. The van der Waals surface area contributed by atoms with Crippen molar-refractivity contribution in [3.63, 3.8) is 0 Å². The zero-order chi connectivity index (χ0) is 57.3. The highest BCUT2D eigenvalue weighted by atomic mass is 16.3. The molecule has 10 heteroatoms. The predicted octanol–water partition coefficient (Wildman–Crippen LogP) is 14.7. The molecule has 78 heavy (non-hydrogen) atoms. The average molecular weight is 1070 g/mol. The molecule has 2 amide bonds. The Hall–Kier alpha value is -5.70. The van der Waals surface area contributed by atoms with Crippen LogP contribution in [0, 0.1) is 5.92 Å². The summed E-state index contributed by atoms with van der Waals surface area (Å²) in [7, 11) is 0. The second-order valence-corrected chi connectivity index (χ2v) is 20.0. The smallest absolute Gasteiger partial charge is 0.243 e. The van der Waals surface area contributed by atoms with Crippen LogP contribution in [0.1, 0.15) is 164 Å². The molecule has 10 nitrogen and oxygen atoms in total. The van der Waals surface area contributed by atoms with Gasteiger partial charge >= 0.3 is 0 Å². The molecule has 0 aliphatic carbocycles. The Labute approximate surface area is 473 Å². The molecule has 0 aromatic heterocycles. The molecular formula is C68H104N4O6. The molecule has 1 heterocycles. The van der Waals surface area contributed by atoms with Gasteiger partial charge in [0.15, 0.2) is 0 Å². The van der Waals surface area contributed by atoms with Gasteiger partial charge in [-0.3, -0.25) is 19.4 Å². The number of nitrogens with one attached hydrogen (secondary N) is 2. The summed E-state index contributed by atoms with van der Waals surface area (Å²) in [6.45, 7) is 16.6. The Morgan fingerprint density at radius 1 is 0.500 bits per heavy atom. The monoisotopic (exact) mass is 1070 g/mol. The van der Waals surface area contributed by atoms with Crippen molar-refractivity contribution < 1.29 is 30.0 Å². The summed E-state index contributed by atoms with van der Waals surface area (Å²) in [5.74, 6) is -0.166. The molecule has 5 unspecified atom stereocenters. The topological polar surface area (TPSA) is 146 Å². The van der Waals surface area contributed by atoms with Crippen molar-refractivity contribution in [1.82, 2.24) is 20.4 Å². The fourth-order valence-corrected chi connectivity index (χ4v) is 8.19. The maximum atomic E-state index is 13.4. The third-order valence-electron chi connectivity index (χ3n) is 13.0. The van der Waals surface area contributed by atoms with Gasteiger partial charge in [-0.2, -0.15) is 0 Å². The van der Waals surface area contributed by atoms with Gasteiger partial charge in [0, 0.05) is 19.0 Å². The summed E-state index contributed by atoms with van der Waals surface area (Å²) in [6.07, 6.45) is 62.0. The number of carbonyl (C=O) groups is 2. The third kappa shape index (κ3) is 38.0. The van der Waals surface area contributed by atoms with Crippen LogP contribution in [-0.2, 0) is 9.59 Å². The molecule has 1 aliphatic rings. The molecule has 5 atom stereocenters. The number of aliphatic hydroxyl groups excluding tert-OH is 4. The second kappa shape index (κ2) is 48.4. The van der Waals surface area contributed by atoms with Crippen LogP contribution in [0.4, 0.5) is 0 Å². The average Bonchev–Trinajstić information content (AvgIpc) is 3.42. The van der Waals surface area contributed by atoms with Crippen molar-refractivity contribution in [2.75, 3.05) is 39.3 Å². The van der Waals surface area contributed by atoms with Crippen molar-refractivity contribution in [2.24, 2.45) is 5.92 Å². The Kier molecular flexibility index (Phi) is 43.7. The summed E-state index contributed by atoms with van der Waals surface area (Å²) in [4.78, 5) is 30.8. The summed E-state index contributed by atoms with van der Waals surface area (Å²) in [5.41, 5.74) is 8.27. The molecular weight excluding hydrogens is 969 g/mol. The first-order chi connectivity index (χ1) is 37.9. The quantitative estimate of drug-likeness (QED) is 0.0116. The molecule has 0 saturated carbocycles. The van der Waals surface area contributed by atoms with Crippen LogP contribution < -0.4 is 10.6 Å². The zero-order valence-corrected chi connectivity index (χ0v) is 49.2. The van der Waals surface area contributed by atoms with E-state index in [-0.39, 0.29) is 42.3 Å². The summed E-state index contributed by atoms with van der Waals surface area (Å²) >= 11 is 0. The van der Waals surface area contributed by atoms with Crippen molar-refractivity contribution >= 4 is 11.8 Å². The van der Waals surface area contributed by atoms with Crippen LogP contribution in [0.25, 0.3) is 0 Å². The minimum Gasteiger partial charge on any atom is -0.511 e. The number of rotatable bonds is 43. The minimum absolute atomic E-state index is 0.152. The van der Waals surface area contributed by atoms with E-state index in [1.54, 1.807) is 12.2 Å². The summed E-state index contributed by atoms with van der Waals surface area (Å²) in [5, 5.41) is 50.4. The highest BCUT2D eigenvalue weighted by molar-refractivity contribution is 5.96. The number of hydrogen-bond acceptors (Lipinski definition) is 8. The van der Waals surface area contributed by atoms with E-state index in [0.717, 1.165) is 82.6 Å². The maximum Gasteiger partial charge on any atom is 0.243 e. The Bertz CT molecular complexity index is 2150. The summed E-state index contributed by atoms with van der Waals surface area (Å²) < 4.78 is 0. The van der Waals surface area contributed by atoms with Crippen LogP contribution in [0.2, 0.25) is 0 Å². The van der Waals surface area contributed by atoms with Gasteiger partial charge in [0.1, 0.15) is 23.6 Å². The van der Waals surface area contributed by atoms with E-state index in [2.05, 4.69) is 147 Å². The van der Waals surface area contributed by atoms with E-state index in [4.69, 9.17) is 0 Å². The lowest BCUT2D eigenvalue weighted by molar-refractivity contribution is -0.137. The molecule has 1 rings (SSSR count). The molecule has 0 aromatic carbocycles. The van der Waals surface area contributed by atoms with Crippen LogP contribution in [-0.4, -0.2) is 106 Å². The standard InChI is InChI=1S/C68H104N4O6/c1-8-12-16-20-24-28-32-36-40-48-61(73)54-71(56-65(75)59(6)47-39-35-31-27-23-19-15-11-4)52-44-42-50-63-67(77)70-64(68(78)69-63)51-43-45-53-72(55-62(74)49-41-37-33-29-25-21-17-13-9-2)57-66(76)60(7)58(5)46-38-34-30-26-22-18-14-10-3/h12-19,24-31,36-41,48-49,60,63-66,73-76H,8-11,20-23,32-35,42-45,50-57H2,1-7H3,(H,69,78)(H,70,77)/b16-12-,17-13-,18-14-,19-15-,28-24-,29-25-,30-26-,31-27-,40-36-,41-37-,61-48+,62-49+. The fraction of sp³-hybridized carbons (Fsp3) is 0.529. The molecule has 1 saturated heterocycles. The zero-order valence-electron chi connectivity index (χ0n) is 49.2. The van der Waals surface area contributed by atoms with Crippen molar-refractivity contribution in [1.29, 1.82) is 0 Å². The molecule has 0 spiro atoms. The molecule has 432 valence electrons. The first-order valence-corrected chi connectivity index (χ1v) is 29.4. The van der Waals surface area contributed by atoms with E-state index < -0.39 is 24.3 Å². The first kappa shape index (κ1) is 70.3. The number of amides is 2. The number of carbonyl (C=O) groups excluding carboxylic acids is 2. The SMILES string of the molecule is CC/C=C\C/C=C\CC=C=C(C)C(O)CN(CCCCC1NC(=O)C(CCCCN(C/C(O)=C\C=C/C/C=C\C/C=C\CC)CC(O)C(C)C(C)=C=CC/C=C\C/C=C\CC)NC1=O)C/C(O)=C\C=C/C/C=C\C/C=C\CC. The van der Waals surface area contributed by atoms with Crippen molar-refractivity contribution in [2.45, 2.75) is 188 Å². The van der Waals surface area contributed by atoms with Gasteiger partial charge in [-0.15, -0.1) is 11.5 Å². The predicted molar refractivity (Wildman–Crippen MR) is 331 cm³/mol. The second-order valence-electron chi connectivity index (χ2n) is 20.0. The lowest BCUT2D eigenvalue weighted by Gasteiger charge is -2.30. The molecule has 1 fully saturated rings. The van der Waals surface area contributed by atoms with E-state index in [1.807, 2.05) is 67.0 Å².